The number of H-pyrrole nitrogens is 1. The van der Waals surface area contributed by atoms with Gasteiger partial charge in [0, 0.05) is 23.4 Å². The summed E-state index contributed by atoms with van der Waals surface area (Å²) in [6.07, 6.45) is 4.10. The monoisotopic (exact) mass is 409 g/mol. The molecule has 1 N–H and O–H groups in total. The molecule has 0 saturated heterocycles. The van der Waals surface area contributed by atoms with Crippen LogP contribution >= 0.6 is 11.9 Å². The Kier molecular flexibility index (Phi) is 4.65. The SMILES string of the molecule is Fc1ccc(CCn2cnc(=NSc3ccc4c(c3)OCO4)c3[nH]cnc32)cc1. The van der Waals surface area contributed by atoms with Gasteiger partial charge < -0.3 is 19.0 Å². The first-order valence-corrected chi connectivity index (χ1v) is 9.77. The lowest BCUT2D eigenvalue weighted by Crippen LogP contribution is -2.14. The highest BCUT2D eigenvalue weighted by molar-refractivity contribution is 7.98. The normalized spacial score (nSPS) is 13.3. The second-order valence-electron chi connectivity index (χ2n) is 6.44. The number of aromatic amines is 1. The third kappa shape index (κ3) is 3.68. The summed E-state index contributed by atoms with van der Waals surface area (Å²) in [7, 11) is 0. The predicted octanol–water partition coefficient (Wildman–Crippen LogP) is 3.48. The molecule has 29 heavy (non-hydrogen) atoms. The van der Waals surface area contributed by atoms with Crippen LogP contribution in [0, 0.1) is 5.82 Å². The molecule has 0 radical (unpaired) electrons. The molecule has 2 aromatic carbocycles. The van der Waals surface area contributed by atoms with Crippen molar-refractivity contribution in [2.75, 3.05) is 6.79 Å². The average Bonchev–Trinajstić information content (AvgIpc) is 3.41. The molecular weight excluding hydrogens is 393 g/mol. The van der Waals surface area contributed by atoms with Gasteiger partial charge in [0.1, 0.15) is 11.3 Å². The second kappa shape index (κ2) is 7.59. The minimum atomic E-state index is -0.233. The number of aryl methyl sites for hydroxylation is 2. The van der Waals surface area contributed by atoms with Gasteiger partial charge in [-0.15, -0.1) is 0 Å². The van der Waals surface area contributed by atoms with Gasteiger partial charge in [0.05, 0.1) is 12.7 Å². The topological polar surface area (TPSA) is 77.3 Å². The lowest BCUT2D eigenvalue weighted by Gasteiger charge is -2.07. The summed E-state index contributed by atoms with van der Waals surface area (Å²) in [6.45, 7) is 0.920. The summed E-state index contributed by atoms with van der Waals surface area (Å²) in [5.74, 6) is 1.23. The van der Waals surface area contributed by atoms with Gasteiger partial charge in [-0.2, -0.15) is 4.40 Å². The molecule has 0 unspecified atom stereocenters. The predicted molar refractivity (Wildman–Crippen MR) is 106 cm³/mol. The molecule has 0 atom stereocenters. The lowest BCUT2D eigenvalue weighted by atomic mass is 10.1. The van der Waals surface area contributed by atoms with E-state index in [1.807, 2.05) is 22.8 Å². The van der Waals surface area contributed by atoms with Crippen molar-refractivity contribution in [3.63, 3.8) is 0 Å². The molecule has 0 bridgehead atoms. The Morgan fingerprint density at radius 1 is 1.10 bits per heavy atom. The number of rotatable bonds is 5. The molecule has 0 amide bonds. The first kappa shape index (κ1) is 17.7. The Morgan fingerprint density at radius 2 is 1.97 bits per heavy atom. The lowest BCUT2D eigenvalue weighted by molar-refractivity contribution is 0.174. The van der Waals surface area contributed by atoms with Crippen molar-refractivity contribution in [1.29, 1.82) is 0 Å². The number of nitrogens with zero attached hydrogens (tertiary/aromatic N) is 4. The van der Waals surface area contributed by atoms with Crippen LogP contribution in [0.2, 0.25) is 0 Å². The van der Waals surface area contributed by atoms with Crippen molar-refractivity contribution in [2.45, 2.75) is 17.9 Å². The average molecular weight is 409 g/mol. The fraction of sp³-hybridized carbons (Fsp3) is 0.150. The molecule has 0 spiro atoms. The molecule has 4 aromatic rings. The van der Waals surface area contributed by atoms with Crippen LogP contribution in [-0.4, -0.2) is 26.3 Å². The van der Waals surface area contributed by atoms with Crippen LogP contribution in [0.15, 0.2) is 64.4 Å². The van der Waals surface area contributed by atoms with Crippen LogP contribution in [0.1, 0.15) is 5.56 Å². The van der Waals surface area contributed by atoms with E-state index in [0.29, 0.717) is 12.0 Å². The van der Waals surface area contributed by atoms with Gasteiger partial charge in [-0.25, -0.2) is 14.4 Å². The molecule has 9 heteroatoms. The van der Waals surface area contributed by atoms with Crippen LogP contribution in [0.25, 0.3) is 11.2 Å². The number of imidazole rings is 1. The maximum Gasteiger partial charge on any atom is 0.231 e. The molecule has 5 rings (SSSR count). The summed E-state index contributed by atoms with van der Waals surface area (Å²) >= 11 is 1.31. The molecule has 2 aromatic heterocycles. The Hall–Kier alpha value is -3.33. The van der Waals surface area contributed by atoms with E-state index in [-0.39, 0.29) is 12.6 Å². The number of benzene rings is 2. The smallest absolute Gasteiger partial charge is 0.231 e. The minimum Gasteiger partial charge on any atom is -0.454 e. The van der Waals surface area contributed by atoms with Crippen molar-refractivity contribution in [3.8, 4) is 11.5 Å². The Morgan fingerprint density at radius 3 is 2.86 bits per heavy atom. The molecule has 0 saturated carbocycles. The van der Waals surface area contributed by atoms with Crippen LogP contribution in [0.3, 0.4) is 0 Å². The Labute approximate surface area is 169 Å². The molecule has 0 aliphatic carbocycles. The van der Waals surface area contributed by atoms with E-state index in [1.54, 1.807) is 24.8 Å². The molecule has 7 nitrogen and oxygen atoms in total. The van der Waals surface area contributed by atoms with Crippen molar-refractivity contribution < 1.29 is 13.9 Å². The van der Waals surface area contributed by atoms with E-state index in [4.69, 9.17) is 9.47 Å². The zero-order valence-corrected chi connectivity index (χ0v) is 16.0. The highest BCUT2D eigenvalue weighted by atomic mass is 32.2. The van der Waals surface area contributed by atoms with Crippen LogP contribution in [0.4, 0.5) is 4.39 Å². The van der Waals surface area contributed by atoms with Crippen molar-refractivity contribution in [3.05, 3.63) is 72.0 Å². The zero-order valence-electron chi connectivity index (χ0n) is 15.2. The van der Waals surface area contributed by atoms with E-state index in [2.05, 4.69) is 19.3 Å². The quantitative estimate of drug-likeness (QED) is 0.511. The van der Waals surface area contributed by atoms with Crippen molar-refractivity contribution in [1.82, 2.24) is 19.5 Å². The number of ether oxygens (including phenoxy) is 2. The fourth-order valence-electron chi connectivity index (χ4n) is 3.08. The molecule has 3 heterocycles. The summed E-state index contributed by atoms with van der Waals surface area (Å²) in [6, 6.07) is 12.2. The van der Waals surface area contributed by atoms with E-state index in [9.17, 15) is 4.39 Å². The third-order valence-electron chi connectivity index (χ3n) is 4.57. The fourth-order valence-corrected chi connectivity index (χ4v) is 3.70. The largest absolute Gasteiger partial charge is 0.454 e. The van der Waals surface area contributed by atoms with E-state index >= 15 is 0 Å². The Bertz CT molecular complexity index is 1240. The van der Waals surface area contributed by atoms with Crippen LogP contribution in [0.5, 0.6) is 11.5 Å². The second-order valence-corrected chi connectivity index (χ2v) is 7.27. The Balaban J connectivity index is 1.38. The molecular formula is C20H16FN5O2S. The van der Waals surface area contributed by atoms with Gasteiger partial charge in [0.15, 0.2) is 22.6 Å². The number of halogens is 1. The van der Waals surface area contributed by atoms with E-state index < -0.39 is 0 Å². The van der Waals surface area contributed by atoms with Crippen LogP contribution in [-0.2, 0) is 13.0 Å². The highest BCUT2D eigenvalue weighted by Gasteiger charge is 2.13. The van der Waals surface area contributed by atoms with Gasteiger partial charge >= 0.3 is 0 Å². The number of nitrogens with one attached hydrogen (secondary N) is 1. The molecule has 0 fully saturated rings. The third-order valence-corrected chi connectivity index (χ3v) is 5.30. The van der Waals surface area contributed by atoms with Crippen molar-refractivity contribution in [2.24, 2.45) is 4.40 Å². The first-order valence-electron chi connectivity index (χ1n) is 9.00. The van der Waals surface area contributed by atoms with E-state index in [0.717, 1.165) is 39.5 Å². The first-order chi connectivity index (χ1) is 14.3. The molecule has 146 valence electrons. The number of aromatic nitrogens is 4. The van der Waals surface area contributed by atoms with E-state index in [1.165, 1.54) is 24.1 Å². The standard InChI is InChI=1S/C20H16FN5O2S/c21-14-3-1-13(2-4-14)7-8-26-11-24-19(18-20(26)23-10-22-18)25-29-15-5-6-16-17(9-15)28-12-27-16/h1-6,9-11H,7-8,12H2,(H,22,23). The van der Waals surface area contributed by atoms with Gasteiger partial charge in [0.2, 0.25) is 6.79 Å². The maximum atomic E-state index is 13.1. The summed E-state index contributed by atoms with van der Waals surface area (Å²) < 4.78 is 30.3. The molecule has 1 aliphatic rings. The number of hydrogen-bond acceptors (Lipinski definition) is 6. The van der Waals surface area contributed by atoms with Gasteiger partial charge in [-0.1, -0.05) is 12.1 Å². The van der Waals surface area contributed by atoms with Gasteiger partial charge in [-0.05, 0) is 42.3 Å². The van der Waals surface area contributed by atoms with Crippen LogP contribution < -0.4 is 15.0 Å². The minimum absolute atomic E-state index is 0.233. The number of fused-ring (bicyclic) bond motifs is 2. The summed E-state index contributed by atoms with van der Waals surface area (Å²) in [4.78, 5) is 12.9. The number of hydrogen-bond donors (Lipinski definition) is 1. The highest BCUT2D eigenvalue weighted by Crippen LogP contribution is 2.35. The van der Waals surface area contributed by atoms with Gasteiger partial charge in [0.25, 0.3) is 0 Å². The zero-order chi connectivity index (χ0) is 19.6. The summed E-state index contributed by atoms with van der Waals surface area (Å²) in [5, 5.41) is 0. The van der Waals surface area contributed by atoms with Gasteiger partial charge in [-0.3, -0.25) is 0 Å². The molecule has 1 aliphatic heterocycles. The maximum absolute atomic E-state index is 13.1. The summed E-state index contributed by atoms with van der Waals surface area (Å²) in [5.41, 5.74) is 3.15. The van der Waals surface area contributed by atoms with Crippen molar-refractivity contribution >= 4 is 23.1 Å².